The van der Waals surface area contributed by atoms with Crippen LogP contribution in [-0.2, 0) is 48.0 Å². The van der Waals surface area contributed by atoms with Crippen molar-refractivity contribution in [1.82, 2.24) is 30.2 Å². The number of benzene rings is 2. The lowest BCUT2D eigenvalue weighted by Gasteiger charge is -2.39. The number of ether oxygens (including phenoxy) is 3. The van der Waals surface area contributed by atoms with Gasteiger partial charge < -0.3 is 34.1 Å². The molecule has 2 unspecified atom stereocenters. The fraction of sp³-hybridized carbons (Fsp3) is 0.558. The molecule has 0 saturated carbocycles. The number of alkyl halides is 2. The Labute approximate surface area is 403 Å². The molecule has 4 atom stereocenters. The second-order valence-electron chi connectivity index (χ2n) is 20.5. The van der Waals surface area contributed by atoms with Crippen molar-refractivity contribution in [2.24, 2.45) is 5.41 Å². The van der Waals surface area contributed by atoms with Gasteiger partial charge >= 0.3 is 18.0 Å². The van der Waals surface area contributed by atoms with Crippen molar-refractivity contribution < 1.29 is 47.3 Å². The number of hydrazine groups is 1. The monoisotopic (exact) mass is 958 g/mol. The summed E-state index contributed by atoms with van der Waals surface area (Å²) in [4.78, 5) is 61.5. The molecule has 7 rings (SSSR count). The summed E-state index contributed by atoms with van der Waals surface area (Å²) in [5.74, 6) is -2.14. The number of hydrogen-bond acceptors (Lipinski definition) is 11. The van der Waals surface area contributed by atoms with E-state index in [2.05, 4.69) is 51.9 Å². The molecule has 15 nitrogen and oxygen atoms in total. The second kappa shape index (κ2) is 21.1. The highest BCUT2D eigenvalue weighted by molar-refractivity contribution is 5.96. The van der Waals surface area contributed by atoms with Gasteiger partial charge in [-0.3, -0.25) is 29.3 Å². The van der Waals surface area contributed by atoms with Crippen molar-refractivity contribution in [2.45, 2.75) is 137 Å². The first-order chi connectivity index (χ1) is 32.6. The Morgan fingerprint density at radius 2 is 1.72 bits per heavy atom. The Kier molecular flexibility index (Phi) is 15.7. The van der Waals surface area contributed by atoms with Crippen molar-refractivity contribution in [3.8, 4) is 22.4 Å². The molecule has 3 saturated heterocycles. The summed E-state index contributed by atoms with van der Waals surface area (Å²) in [7, 11) is 1.67. The van der Waals surface area contributed by atoms with Gasteiger partial charge in [0.05, 0.1) is 36.0 Å². The molecular weight excluding hydrogens is 889 g/mol. The molecule has 0 spiro atoms. The maximum atomic E-state index is 14.9. The number of methoxy groups -OCH3 is 1. The number of fused-ring (bicyclic) bond motifs is 2. The third-order valence-corrected chi connectivity index (χ3v) is 13.4. The van der Waals surface area contributed by atoms with Gasteiger partial charge in [-0.1, -0.05) is 32.0 Å². The maximum absolute atomic E-state index is 14.9. The molecule has 3 fully saturated rings. The molecular formula is C52H69F2N7O8. The molecule has 3 N–H and O–H groups in total. The number of carbonyl (C=O) groups excluding carboxylic acids is 3. The number of nitrogens with one attached hydrogen (secondary N) is 2. The molecule has 2 aromatic carbocycles. The molecule has 374 valence electrons. The number of carbonyl (C=O) groups is 4. The molecule has 2 aromatic heterocycles. The summed E-state index contributed by atoms with van der Waals surface area (Å²) < 4.78 is 49.2. The third kappa shape index (κ3) is 12.0. The Morgan fingerprint density at radius 3 is 2.41 bits per heavy atom. The predicted octanol–water partition coefficient (Wildman–Crippen LogP) is 8.47. The van der Waals surface area contributed by atoms with Crippen molar-refractivity contribution in [3.63, 3.8) is 0 Å². The number of aryl methyl sites for hydroxylation is 1. The molecule has 17 heteroatoms. The van der Waals surface area contributed by atoms with Gasteiger partial charge in [-0.05, 0) is 120 Å². The lowest BCUT2D eigenvalue weighted by atomic mass is 9.84. The van der Waals surface area contributed by atoms with Crippen LogP contribution in [0.4, 0.5) is 19.3 Å². The fourth-order valence-corrected chi connectivity index (χ4v) is 10.1. The molecule has 4 aromatic rings. The van der Waals surface area contributed by atoms with Crippen LogP contribution >= 0.6 is 0 Å². The van der Waals surface area contributed by atoms with E-state index in [1.165, 1.54) is 30.5 Å². The molecule has 69 heavy (non-hydrogen) atoms. The Balaban J connectivity index is 1.36. The van der Waals surface area contributed by atoms with Crippen LogP contribution in [0.15, 0.2) is 48.7 Å². The number of aliphatic carboxylic acids is 1. The lowest BCUT2D eigenvalue weighted by Crippen LogP contribution is -2.60. The smallest absolute Gasteiger partial charge is 0.408 e. The number of amides is 2. The van der Waals surface area contributed by atoms with Gasteiger partial charge in [-0.2, -0.15) is 0 Å². The number of esters is 1. The van der Waals surface area contributed by atoms with Gasteiger partial charge in [0.2, 0.25) is 0 Å². The molecule has 0 bridgehead atoms. The number of carboxylic acids is 1. The van der Waals surface area contributed by atoms with Crippen molar-refractivity contribution in [3.05, 3.63) is 71.0 Å². The number of nitrogens with zero attached hydrogens (tertiary/aromatic N) is 5. The number of rotatable bonds is 16. The van der Waals surface area contributed by atoms with E-state index in [0.717, 1.165) is 71.7 Å². The first-order valence-corrected chi connectivity index (χ1v) is 24.2. The van der Waals surface area contributed by atoms with E-state index in [-0.39, 0.29) is 37.2 Å². The fourth-order valence-electron chi connectivity index (χ4n) is 10.1. The van der Waals surface area contributed by atoms with Crippen LogP contribution in [0.5, 0.6) is 0 Å². The minimum absolute atomic E-state index is 0.159. The number of aromatic nitrogens is 2. The summed E-state index contributed by atoms with van der Waals surface area (Å²) in [5.41, 5.74) is 8.03. The van der Waals surface area contributed by atoms with Crippen LogP contribution in [-0.4, -0.2) is 119 Å². The van der Waals surface area contributed by atoms with Crippen molar-refractivity contribution >= 4 is 40.5 Å². The summed E-state index contributed by atoms with van der Waals surface area (Å²) >= 11 is 0. The number of halogens is 2. The number of hydrogen-bond donors (Lipinski definition) is 3. The standard InChI is InChI=1S/C52H69F2N7O8/c1-10-60-44-16-15-34(35-21-33(22-36(24-35)47(53)54)23-43(56-50(66)69-51(4,5)6)48(63)61-18-12-14-42(57-61)49(64)65)25-39(44)41(27-52(7,8)30-68-32(3)62)46(60)40-26-38(28-55-45(40)31(2)67-9)59-20-19-58-17-11-13-37(58)29-59/h15-16,21-22,24-26,28,31,37,42-43,47,57H,10-14,17-20,23,27,29-30H2,1-9H3,(H,56,66)(H,64,65)/t31?,37-,42+,43?/m1/s1. The summed E-state index contributed by atoms with van der Waals surface area (Å²) in [6.07, 6.45) is 1.18. The second-order valence-corrected chi connectivity index (χ2v) is 20.5. The topological polar surface area (TPSA) is 168 Å². The van der Waals surface area contributed by atoms with Crippen LogP contribution in [0, 0.1) is 5.41 Å². The van der Waals surface area contributed by atoms with Crippen LogP contribution < -0.4 is 15.6 Å². The first-order valence-electron chi connectivity index (χ1n) is 24.2. The van der Waals surface area contributed by atoms with E-state index in [1.807, 2.05) is 31.3 Å². The van der Waals surface area contributed by atoms with Crippen LogP contribution in [0.25, 0.3) is 33.3 Å². The van der Waals surface area contributed by atoms with E-state index in [1.54, 1.807) is 33.9 Å². The third-order valence-electron chi connectivity index (χ3n) is 13.4. The normalized spacial score (nSPS) is 18.8. The minimum atomic E-state index is -2.87. The number of anilines is 1. The summed E-state index contributed by atoms with van der Waals surface area (Å²) in [5, 5.41) is 14.4. The minimum Gasteiger partial charge on any atom is -0.480 e. The molecule has 0 radical (unpaired) electrons. The quantitative estimate of drug-likeness (QED) is 0.0919. The van der Waals surface area contributed by atoms with Crippen LogP contribution in [0.2, 0.25) is 0 Å². The van der Waals surface area contributed by atoms with Gasteiger partial charge in [0, 0.05) is 86.7 Å². The Morgan fingerprint density at radius 1 is 0.971 bits per heavy atom. The Bertz CT molecular complexity index is 2540. The average molecular weight is 958 g/mol. The zero-order valence-electron chi connectivity index (χ0n) is 41.5. The SMILES string of the molecule is CCn1c(-c2cc(N3CCN4CCC[C@@H]4C3)cnc2C(C)OC)c(CC(C)(C)COC(C)=O)c2cc(-c3cc(CC(NC(=O)OC(C)(C)C)C(=O)N4CCC[C@@H](C(=O)O)N4)cc(C(F)F)c3)ccc21. The predicted molar refractivity (Wildman–Crippen MR) is 260 cm³/mol. The summed E-state index contributed by atoms with van der Waals surface area (Å²) in [6.45, 7) is 19.4. The summed E-state index contributed by atoms with van der Waals surface area (Å²) in [6, 6.07) is 10.8. The maximum Gasteiger partial charge on any atom is 0.408 e. The van der Waals surface area contributed by atoms with E-state index in [9.17, 15) is 33.1 Å². The van der Waals surface area contributed by atoms with Crippen molar-refractivity contribution in [1.29, 1.82) is 0 Å². The highest BCUT2D eigenvalue weighted by Gasteiger charge is 2.36. The van der Waals surface area contributed by atoms with Gasteiger partial charge in [0.1, 0.15) is 17.7 Å². The highest BCUT2D eigenvalue weighted by atomic mass is 19.3. The molecule has 2 amide bonds. The number of pyridine rings is 1. The molecule has 5 heterocycles. The van der Waals surface area contributed by atoms with Gasteiger partial charge in [-0.25, -0.2) is 19.0 Å². The largest absolute Gasteiger partial charge is 0.480 e. The zero-order valence-corrected chi connectivity index (χ0v) is 41.5. The zero-order chi connectivity index (χ0) is 49.9. The highest BCUT2D eigenvalue weighted by Crippen LogP contribution is 2.43. The van der Waals surface area contributed by atoms with Crippen molar-refractivity contribution in [2.75, 3.05) is 51.3 Å². The molecule has 3 aliphatic rings. The number of carboxylic acid groups (broad SMARTS) is 1. The van der Waals surface area contributed by atoms with Gasteiger partial charge in [0.15, 0.2) is 0 Å². The average Bonchev–Trinajstić information content (AvgIpc) is 3.90. The number of alkyl carbamates (subject to hydrolysis) is 1. The lowest BCUT2D eigenvalue weighted by molar-refractivity contribution is -0.148. The number of piperazine rings is 1. The van der Waals surface area contributed by atoms with Gasteiger partial charge in [0.25, 0.3) is 12.3 Å². The molecule has 3 aliphatic heterocycles. The van der Waals surface area contributed by atoms with Crippen LogP contribution in [0.3, 0.4) is 0 Å². The van der Waals surface area contributed by atoms with E-state index < -0.39 is 47.5 Å². The molecule has 0 aliphatic carbocycles. The first kappa shape index (κ1) is 51.2. The van der Waals surface area contributed by atoms with E-state index in [0.29, 0.717) is 48.5 Å². The van der Waals surface area contributed by atoms with Crippen LogP contribution in [0.1, 0.15) is 116 Å². The van der Waals surface area contributed by atoms with E-state index >= 15 is 0 Å². The van der Waals surface area contributed by atoms with E-state index in [4.69, 9.17) is 19.2 Å². The van der Waals surface area contributed by atoms with Gasteiger partial charge in [-0.15, -0.1) is 0 Å². The Hall–Kier alpha value is -5.65.